The average molecular weight is 324 g/mol. The van der Waals surface area contributed by atoms with Crippen LogP contribution in [-0.4, -0.2) is 15.3 Å². The van der Waals surface area contributed by atoms with Crippen molar-refractivity contribution in [2.75, 3.05) is 5.75 Å². The minimum atomic E-state index is 0.0615. The van der Waals surface area contributed by atoms with Gasteiger partial charge in [-0.3, -0.25) is 9.36 Å². The Kier molecular flexibility index (Phi) is 5.54. The second kappa shape index (κ2) is 6.44. The molecule has 0 saturated heterocycles. The predicted octanol–water partition coefficient (Wildman–Crippen LogP) is 1.95. The summed E-state index contributed by atoms with van der Waals surface area (Å²) < 4.78 is 2.35. The van der Waals surface area contributed by atoms with Gasteiger partial charge < -0.3 is 0 Å². The maximum Gasteiger partial charge on any atom is 0.266 e. The van der Waals surface area contributed by atoms with Gasteiger partial charge in [-0.15, -0.1) is 0 Å². The molecule has 1 aromatic heterocycles. The van der Waals surface area contributed by atoms with Crippen LogP contribution in [0, 0.1) is 3.57 Å². The molecule has 0 aliphatic rings. The molecule has 0 amide bonds. The van der Waals surface area contributed by atoms with Crippen LogP contribution in [0.1, 0.15) is 19.3 Å². The lowest BCUT2D eigenvalue weighted by Gasteiger charge is -2.04. The largest absolute Gasteiger partial charge is 0.298 e. The number of hydrogen-bond donors (Lipinski definition) is 1. The highest BCUT2D eigenvalue weighted by atomic mass is 127. The Morgan fingerprint density at radius 1 is 1.43 bits per heavy atom. The van der Waals surface area contributed by atoms with E-state index in [1.54, 1.807) is 17.1 Å². The van der Waals surface area contributed by atoms with E-state index in [1.807, 2.05) is 22.6 Å². The molecular formula is C9H13IN2OS. The molecule has 1 rings (SSSR count). The van der Waals surface area contributed by atoms with Crippen molar-refractivity contribution in [3.63, 3.8) is 0 Å². The standard InChI is InChI=1S/C9H13IN2OS/c10-8-6-11-7-12(9(8)13)4-2-1-3-5-14/h6-7,14H,1-5H2. The van der Waals surface area contributed by atoms with Gasteiger partial charge in [0.25, 0.3) is 5.56 Å². The molecular weight excluding hydrogens is 311 g/mol. The van der Waals surface area contributed by atoms with Crippen LogP contribution in [0.3, 0.4) is 0 Å². The van der Waals surface area contributed by atoms with Crippen LogP contribution in [-0.2, 0) is 6.54 Å². The predicted molar refractivity (Wildman–Crippen MR) is 68.9 cm³/mol. The highest BCUT2D eigenvalue weighted by molar-refractivity contribution is 14.1. The van der Waals surface area contributed by atoms with E-state index >= 15 is 0 Å². The molecule has 0 fully saturated rings. The monoisotopic (exact) mass is 324 g/mol. The molecule has 78 valence electrons. The van der Waals surface area contributed by atoms with E-state index in [-0.39, 0.29) is 5.56 Å². The quantitative estimate of drug-likeness (QED) is 0.510. The SMILES string of the molecule is O=c1c(I)cncn1CCCCCS. The molecule has 0 radical (unpaired) electrons. The number of thiol groups is 1. The molecule has 0 atom stereocenters. The average Bonchev–Trinajstić information content (AvgIpc) is 2.19. The van der Waals surface area contributed by atoms with Crippen molar-refractivity contribution >= 4 is 35.2 Å². The summed E-state index contributed by atoms with van der Waals surface area (Å²) in [5.74, 6) is 0.916. The fraction of sp³-hybridized carbons (Fsp3) is 0.556. The minimum absolute atomic E-state index is 0.0615. The lowest BCUT2D eigenvalue weighted by atomic mass is 10.2. The second-order valence-electron chi connectivity index (χ2n) is 3.02. The van der Waals surface area contributed by atoms with Crippen molar-refractivity contribution in [3.05, 3.63) is 26.4 Å². The Morgan fingerprint density at radius 3 is 2.93 bits per heavy atom. The first-order chi connectivity index (χ1) is 6.75. The molecule has 0 unspecified atom stereocenters. The van der Waals surface area contributed by atoms with Crippen molar-refractivity contribution < 1.29 is 0 Å². The van der Waals surface area contributed by atoms with Gasteiger partial charge in [0, 0.05) is 12.7 Å². The zero-order chi connectivity index (χ0) is 10.4. The Labute approximate surface area is 102 Å². The number of aromatic nitrogens is 2. The zero-order valence-electron chi connectivity index (χ0n) is 7.82. The van der Waals surface area contributed by atoms with Crippen LogP contribution in [0.5, 0.6) is 0 Å². The van der Waals surface area contributed by atoms with Gasteiger partial charge in [0.05, 0.1) is 9.90 Å². The maximum absolute atomic E-state index is 11.5. The summed E-state index contributed by atoms with van der Waals surface area (Å²) in [5.41, 5.74) is 0.0615. The normalized spacial score (nSPS) is 10.4. The van der Waals surface area contributed by atoms with Crippen LogP contribution in [0.15, 0.2) is 17.3 Å². The molecule has 0 bridgehead atoms. The summed E-state index contributed by atoms with van der Waals surface area (Å²) in [5, 5.41) is 0. The van der Waals surface area contributed by atoms with E-state index in [1.165, 1.54) is 0 Å². The number of rotatable bonds is 5. The first-order valence-electron chi connectivity index (χ1n) is 4.56. The second-order valence-corrected chi connectivity index (χ2v) is 4.63. The van der Waals surface area contributed by atoms with Crippen LogP contribution < -0.4 is 5.56 Å². The van der Waals surface area contributed by atoms with Gasteiger partial charge in [0.1, 0.15) is 0 Å². The third-order valence-corrected chi connectivity index (χ3v) is 2.97. The molecule has 5 heteroatoms. The summed E-state index contributed by atoms with van der Waals surface area (Å²) in [6.07, 6.45) is 6.43. The van der Waals surface area contributed by atoms with Crippen molar-refractivity contribution in [1.29, 1.82) is 0 Å². The molecule has 0 aliphatic heterocycles. The molecule has 14 heavy (non-hydrogen) atoms. The molecule has 3 nitrogen and oxygen atoms in total. The number of halogens is 1. The highest BCUT2D eigenvalue weighted by Crippen LogP contribution is 1.99. The smallest absolute Gasteiger partial charge is 0.266 e. The topological polar surface area (TPSA) is 34.9 Å². The Bertz CT molecular complexity index is 340. The van der Waals surface area contributed by atoms with Crippen LogP contribution in [0.4, 0.5) is 0 Å². The Morgan fingerprint density at radius 2 is 2.21 bits per heavy atom. The summed E-state index contributed by atoms with van der Waals surface area (Å²) in [6.45, 7) is 0.760. The maximum atomic E-state index is 11.5. The molecule has 0 N–H and O–H groups in total. The van der Waals surface area contributed by atoms with Crippen molar-refractivity contribution in [3.8, 4) is 0 Å². The fourth-order valence-electron chi connectivity index (χ4n) is 1.15. The Balaban J connectivity index is 2.51. The fourth-order valence-corrected chi connectivity index (χ4v) is 1.85. The number of hydrogen-bond acceptors (Lipinski definition) is 3. The number of unbranched alkanes of at least 4 members (excludes halogenated alkanes) is 2. The zero-order valence-corrected chi connectivity index (χ0v) is 10.9. The summed E-state index contributed by atoms with van der Waals surface area (Å²) in [4.78, 5) is 15.5. The molecule has 0 aromatic carbocycles. The number of aryl methyl sites for hydroxylation is 1. The first-order valence-corrected chi connectivity index (χ1v) is 6.27. The highest BCUT2D eigenvalue weighted by Gasteiger charge is 1.99. The van der Waals surface area contributed by atoms with E-state index in [0.29, 0.717) is 3.57 Å². The van der Waals surface area contributed by atoms with Crippen molar-refractivity contribution in [2.24, 2.45) is 0 Å². The van der Waals surface area contributed by atoms with Gasteiger partial charge in [-0.1, -0.05) is 6.42 Å². The van der Waals surface area contributed by atoms with Crippen molar-refractivity contribution in [2.45, 2.75) is 25.8 Å². The van der Waals surface area contributed by atoms with Gasteiger partial charge in [-0.2, -0.15) is 12.6 Å². The lowest BCUT2D eigenvalue weighted by molar-refractivity contribution is 0.579. The molecule has 0 saturated carbocycles. The van der Waals surface area contributed by atoms with Crippen LogP contribution in [0.25, 0.3) is 0 Å². The summed E-state index contributed by atoms with van der Waals surface area (Å²) in [6, 6.07) is 0. The van der Waals surface area contributed by atoms with Gasteiger partial charge in [-0.25, -0.2) is 4.98 Å². The molecule has 0 aliphatic carbocycles. The van der Waals surface area contributed by atoms with Gasteiger partial charge in [0.2, 0.25) is 0 Å². The van der Waals surface area contributed by atoms with Gasteiger partial charge in [-0.05, 0) is 41.2 Å². The van der Waals surface area contributed by atoms with E-state index in [9.17, 15) is 4.79 Å². The van der Waals surface area contributed by atoms with E-state index in [4.69, 9.17) is 0 Å². The Hall–Kier alpha value is -0.0400. The lowest BCUT2D eigenvalue weighted by Crippen LogP contribution is -2.22. The minimum Gasteiger partial charge on any atom is -0.298 e. The molecule has 1 heterocycles. The number of nitrogens with zero attached hydrogens (tertiary/aromatic N) is 2. The van der Waals surface area contributed by atoms with Crippen LogP contribution in [0.2, 0.25) is 0 Å². The van der Waals surface area contributed by atoms with Gasteiger partial charge in [0.15, 0.2) is 0 Å². The molecule has 1 aromatic rings. The first kappa shape index (κ1) is 12.0. The van der Waals surface area contributed by atoms with Gasteiger partial charge >= 0.3 is 0 Å². The van der Waals surface area contributed by atoms with E-state index in [0.717, 1.165) is 31.6 Å². The third-order valence-electron chi connectivity index (χ3n) is 1.92. The summed E-state index contributed by atoms with van der Waals surface area (Å²) in [7, 11) is 0. The van der Waals surface area contributed by atoms with Crippen LogP contribution >= 0.6 is 35.2 Å². The summed E-state index contributed by atoms with van der Waals surface area (Å²) >= 11 is 6.15. The van der Waals surface area contributed by atoms with Crippen molar-refractivity contribution in [1.82, 2.24) is 9.55 Å². The van der Waals surface area contributed by atoms with E-state index in [2.05, 4.69) is 17.6 Å². The third kappa shape index (κ3) is 3.61. The molecule has 0 spiro atoms. The van der Waals surface area contributed by atoms with E-state index < -0.39 is 0 Å².